The van der Waals surface area contributed by atoms with E-state index >= 15 is 0 Å². The molecular weight excluding hydrogens is 199 g/mol. The van der Waals surface area contributed by atoms with Crippen LogP contribution >= 0.6 is 0 Å². The van der Waals surface area contributed by atoms with E-state index in [9.17, 15) is 5.11 Å². The Morgan fingerprint density at radius 3 is 2.45 bits per heavy atom. The first-order valence-electron chi connectivity index (χ1n) is 3.77. The molecule has 0 spiro atoms. The molecule has 0 radical (unpaired) electrons. The van der Waals surface area contributed by atoms with Crippen molar-refractivity contribution in [3.05, 3.63) is 35.9 Å². The van der Waals surface area contributed by atoms with Crippen molar-refractivity contribution >= 4 is 16.9 Å². The summed E-state index contributed by atoms with van der Waals surface area (Å²) in [5, 5.41) is 10.6. The number of hydrogen-bond acceptors (Lipinski definition) is 1. The molecular formula is C9H13AsO. The van der Waals surface area contributed by atoms with E-state index in [1.54, 1.807) is 16.9 Å². The van der Waals surface area contributed by atoms with Gasteiger partial charge >= 0.3 is 75.6 Å². The summed E-state index contributed by atoms with van der Waals surface area (Å²) >= 11 is 1.67. The van der Waals surface area contributed by atoms with E-state index in [0.29, 0.717) is 0 Å². The molecule has 0 heterocycles. The Hall–Kier alpha value is -0.262. The number of rotatable bonds is 3. The van der Waals surface area contributed by atoms with Crippen LogP contribution in [0.15, 0.2) is 30.3 Å². The van der Waals surface area contributed by atoms with Gasteiger partial charge in [-0.15, -0.1) is 0 Å². The number of hydrogen-bond donors (Lipinski definition) is 1. The average Bonchev–Trinajstić information content (AvgIpc) is 2.07. The minimum absolute atomic E-state index is 0.261. The molecule has 1 rings (SSSR count). The first kappa shape index (κ1) is 8.83. The van der Waals surface area contributed by atoms with E-state index in [2.05, 4.69) is 0 Å². The van der Waals surface area contributed by atoms with Crippen LogP contribution in [-0.2, 0) is 0 Å². The molecule has 0 fully saturated rings. The summed E-state index contributed by atoms with van der Waals surface area (Å²) in [6.07, 6.45) is 0.618. The molecule has 1 aromatic carbocycles. The van der Waals surface area contributed by atoms with Crippen LogP contribution in [0.2, 0.25) is 5.21 Å². The van der Waals surface area contributed by atoms with Gasteiger partial charge in [-0.2, -0.15) is 0 Å². The van der Waals surface area contributed by atoms with E-state index in [1.165, 1.54) is 0 Å². The van der Waals surface area contributed by atoms with Crippen LogP contribution in [0.5, 0.6) is 0 Å². The average molecular weight is 212 g/mol. The third-order valence-corrected chi connectivity index (χ3v) is 2.32. The fourth-order valence-electron chi connectivity index (χ4n) is 1.000. The van der Waals surface area contributed by atoms with Crippen LogP contribution in [0.3, 0.4) is 0 Å². The topological polar surface area (TPSA) is 20.2 Å². The molecule has 1 nitrogen and oxygen atoms in total. The molecule has 2 unspecified atom stereocenters. The molecule has 0 bridgehead atoms. The maximum atomic E-state index is 9.53. The van der Waals surface area contributed by atoms with E-state index in [1.807, 2.05) is 30.3 Å². The van der Waals surface area contributed by atoms with Crippen molar-refractivity contribution in [1.29, 1.82) is 0 Å². The van der Waals surface area contributed by atoms with Gasteiger partial charge in [-0.25, -0.2) is 0 Å². The number of benzene rings is 1. The van der Waals surface area contributed by atoms with Gasteiger partial charge in [0.1, 0.15) is 0 Å². The molecule has 1 N–H and O–H groups in total. The maximum absolute atomic E-state index is 9.53. The third kappa shape index (κ3) is 2.68. The van der Waals surface area contributed by atoms with Gasteiger partial charge in [-0.05, 0) is 0 Å². The normalized spacial score (nSPS) is 12.9. The van der Waals surface area contributed by atoms with Crippen LogP contribution in [0.1, 0.15) is 18.1 Å². The zero-order valence-corrected chi connectivity index (χ0v) is 8.83. The first-order chi connectivity index (χ1) is 5.34. The summed E-state index contributed by atoms with van der Waals surface area (Å²) in [5.74, 6) is 0. The second-order valence-electron chi connectivity index (χ2n) is 2.50. The Labute approximate surface area is 75.9 Å². The summed E-state index contributed by atoms with van der Waals surface area (Å²) < 4.78 is 0. The standard InChI is InChI=1S/C9H13AsO/c10-7-6-9(11)8-4-2-1-3-5-8/h1-5,9,11H,6-7,10H2. The van der Waals surface area contributed by atoms with Gasteiger partial charge in [0.25, 0.3) is 0 Å². The van der Waals surface area contributed by atoms with Crippen molar-refractivity contribution in [3.63, 3.8) is 0 Å². The fraction of sp³-hybridized carbons (Fsp3) is 0.333. The molecule has 0 aromatic heterocycles. The molecule has 0 amide bonds. The Kier molecular flexibility index (Phi) is 3.68. The predicted octanol–water partition coefficient (Wildman–Crippen LogP) is 1.16. The molecule has 0 saturated heterocycles. The quantitative estimate of drug-likeness (QED) is 0.745. The summed E-state index contributed by atoms with van der Waals surface area (Å²) in [4.78, 5) is 0. The molecule has 11 heavy (non-hydrogen) atoms. The zero-order valence-electron chi connectivity index (χ0n) is 6.40. The van der Waals surface area contributed by atoms with Crippen LogP contribution in [0, 0.1) is 0 Å². The first-order valence-corrected chi connectivity index (χ1v) is 5.49. The second-order valence-corrected chi connectivity index (χ2v) is 3.72. The molecule has 60 valence electrons. The van der Waals surface area contributed by atoms with Gasteiger partial charge in [-0.3, -0.25) is 0 Å². The van der Waals surface area contributed by atoms with E-state index in [0.717, 1.165) is 17.2 Å². The van der Waals surface area contributed by atoms with E-state index in [4.69, 9.17) is 0 Å². The van der Waals surface area contributed by atoms with E-state index in [-0.39, 0.29) is 6.10 Å². The minimum atomic E-state index is -0.261. The van der Waals surface area contributed by atoms with Crippen molar-refractivity contribution in [1.82, 2.24) is 0 Å². The summed E-state index contributed by atoms with van der Waals surface area (Å²) in [6.45, 7) is 0. The third-order valence-electron chi connectivity index (χ3n) is 1.62. The summed E-state index contributed by atoms with van der Waals surface area (Å²) in [7, 11) is 0. The molecule has 2 atom stereocenters. The molecule has 0 saturated carbocycles. The van der Waals surface area contributed by atoms with Gasteiger partial charge in [0.05, 0.1) is 0 Å². The SMILES string of the molecule is OC(CC[AsH2])c1ccccc1. The molecule has 1 aromatic rings. The van der Waals surface area contributed by atoms with Gasteiger partial charge in [0, 0.05) is 0 Å². The van der Waals surface area contributed by atoms with Crippen LogP contribution < -0.4 is 0 Å². The Morgan fingerprint density at radius 2 is 1.91 bits per heavy atom. The van der Waals surface area contributed by atoms with Crippen LogP contribution in [0.4, 0.5) is 0 Å². The van der Waals surface area contributed by atoms with Crippen molar-refractivity contribution in [2.75, 3.05) is 0 Å². The molecule has 0 aliphatic rings. The van der Waals surface area contributed by atoms with Gasteiger partial charge in [-0.1, -0.05) is 0 Å². The van der Waals surface area contributed by atoms with E-state index < -0.39 is 0 Å². The fourth-order valence-corrected chi connectivity index (χ4v) is 1.66. The molecule has 0 aliphatic heterocycles. The summed E-state index contributed by atoms with van der Waals surface area (Å²) in [6, 6.07) is 9.81. The van der Waals surface area contributed by atoms with Gasteiger partial charge in [0.15, 0.2) is 0 Å². The monoisotopic (exact) mass is 212 g/mol. The number of aliphatic hydroxyl groups is 1. The second kappa shape index (κ2) is 4.58. The van der Waals surface area contributed by atoms with Crippen LogP contribution in [0.25, 0.3) is 0 Å². The summed E-state index contributed by atoms with van der Waals surface area (Å²) in [5.41, 5.74) is 1.03. The van der Waals surface area contributed by atoms with Gasteiger partial charge < -0.3 is 0 Å². The molecule has 0 aliphatic carbocycles. The van der Waals surface area contributed by atoms with Gasteiger partial charge in [0.2, 0.25) is 0 Å². The van der Waals surface area contributed by atoms with Crippen molar-refractivity contribution in [2.24, 2.45) is 0 Å². The Morgan fingerprint density at radius 1 is 1.27 bits per heavy atom. The number of aliphatic hydroxyl groups excluding tert-OH is 1. The van der Waals surface area contributed by atoms with Crippen molar-refractivity contribution in [3.8, 4) is 0 Å². The van der Waals surface area contributed by atoms with Crippen LogP contribution in [-0.4, -0.2) is 22.0 Å². The Bertz CT molecular complexity index is 198. The predicted molar refractivity (Wildman–Crippen MR) is 49.4 cm³/mol. The van der Waals surface area contributed by atoms with Crippen molar-refractivity contribution in [2.45, 2.75) is 17.7 Å². The molecule has 2 heteroatoms. The van der Waals surface area contributed by atoms with Crippen molar-refractivity contribution < 1.29 is 5.11 Å². The zero-order chi connectivity index (χ0) is 8.10. The Balaban J connectivity index is 2.61.